The van der Waals surface area contributed by atoms with E-state index in [0.717, 1.165) is 0 Å². The average Bonchev–Trinajstić information content (AvgIpc) is 2.39. The molecule has 1 aromatic rings. The minimum Gasteiger partial charge on any atom is -0.337 e. The number of aromatic nitrogens is 1. The number of carbonyl (C=O) groups is 1. The van der Waals surface area contributed by atoms with Gasteiger partial charge in [-0.3, -0.25) is 9.00 Å². The maximum Gasteiger partial charge on any atom is 0.257 e. The van der Waals surface area contributed by atoms with Gasteiger partial charge < -0.3 is 10.3 Å². The monoisotopic (exact) mass is 272 g/mol. The summed E-state index contributed by atoms with van der Waals surface area (Å²) in [4.78, 5) is 17.2. The molecule has 1 fully saturated rings. The SMILES string of the molecule is NNc1nccc(C(=O)N2CCS(=O)CC2)c1F. The third-order valence-electron chi connectivity index (χ3n) is 2.72. The fraction of sp³-hybridized carbons (Fsp3) is 0.400. The van der Waals surface area contributed by atoms with Gasteiger partial charge in [0.1, 0.15) is 0 Å². The van der Waals surface area contributed by atoms with E-state index in [0.29, 0.717) is 24.6 Å². The number of hydrogen-bond acceptors (Lipinski definition) is 5. The summed E-state index contributed by atoms with van der Waals surface area (Å²) in [5.41, 5.74) is 2.02. The van der Waals surface area contributed by atoms with E-state index in [2.05, 4.69) is 10.4 Å². The van der Waals surface area contributed by atoms with Gasteiger partial charge in [-0.05, 0) is 6.07 Å². The van der Waals surface area contributed by atoms with Crippen LogP contribution in [0.15, 0.2) is 12.3 Å². The van der Waals surface area contributed by atoms with Crippen molar-refractivity contribution in [2.45, 2.75) is 0 Å². The van der Waals surface area contributed by atoms with E-state index in [1.807, 2.05) is 0 Å². The van der Waals surface area contributed by atoms with Crippen LogP contribution < -0.4 is 11.3 Å². The lowest BCUT2D eigenvalue weighted by Crippen LogP contribution is -2.42. The van der Waals surface area contributed by atoms with Crippen molar-refractivity contribution >= 4 is 22.5 Å². The minimum atomic E-state index is -0.878. The number of anilines is 1. The molecule has 1 aliphatic rings. The lowest BCUT2D eigenvalue weighted by Gasteiger charge is -2.26. The Bertz CT molecular complexity index is 487. The van der Waals surface area contributed by atoms with Gasteiger partial charge in [0.05, 0.1) is 5.56 Å². The van der Waals surface area contributed by atoms with Crippen LogP contribution in [0.5, 0.6) is 0 Å². The summed E-state index contributed by atoms with van der Waals surface area (Å²) >= 11 is 0. The standard InChI is InChI=1S/C10H13FN4O2S/c11-8-7(1-2-13-9(8)14-12)10(16)15-3-5-18(17)6-4-15/h1-2H,3-6,12H2,(H,13,14). The number of nitrogens with zero attached hydrogens (tertiary/aromatic N) is 2. The fourth-order valence-corrected chi connectivity index (χ4v) is 2.77. The number of hydrazine groups is 1. The van der Waals surface area contributed by atoms with E-state index in [1.54, 1.807) is 0 Å². The van der Waals surface area contributed by atoms with Crippen molar-refractivity contribution in [1.82, 2.24) is 9.88 Å². The number of pyridine rings is 1. The van der Waals surface area contributed by atoms with Crippen LogP contribution in [-0.2, 0) is 10.8 Å². The molecule has 18 heavy (non-hydrogen) atoms. The Labute approximate surface area is 106 Å². The summed E-state index contributed by atoms with van der Waals surface area (Å²) in [6.07, 6.45) is 1.31. The number of halogens is 1. The van der Waals surface area contributed by atoms with E-state index in [-0.39, 0.29) is 11.4 Å². The first-order chi connectivity index (χ1) is 8.63. The Morgan fingerprint density at radius 1 is 1.50 bits per heavy atom. The van der Waals surface area contributed by atoms with Gasteiger partial charge in [0.15, 0.2) is 11.6 Å². The van der Waals surface area contributed by atoms with Crippen molar-refractivity contribution in [2.24, 2.45) is 5.84 Å². The van der Waals surface area contributed by atoms with Gasteiger partial charge in [-0.15, -0.1) is 0 Å². The Balaban J connectivity index is 2.21. The van der Waals surface area contributed by atoms with Gasteiger partial charge in [-0.25, -0.2) is 15.2 Å². The summed E-state index contributed by atoms with van der Waals surface area (Å²) in [6, 6.07) is 1.31. The Morgan fingerprint density at radius 2 is 2.17 bits per heavy atom. The highest BCUT2D eigenvalue weighted by Gasteiger charge is 2.24. The number of nitrogens with one attached hydrogen (secondary N) is 1. The van der Waals surface area contributed by atoms with Gasteiger partial charge in [0, 0.05) is 41.6 Å². The number of carbonyl (C=O) groups excluding carboxylic acids is 1. The van der Waals surface area contributed by atoms with Crippen LogP contribution >= 0.6 is 0 Å². The van der Waals surface area contributed by atoms with Gasteiger partial charge in [0.25, 0.3) is 5.91 Å². The van der Waals surface area contributed by atoms with Gasteiger partial charge in [-0.2, -0.15) is 0 Å². The van der Waals surface area contributed by atoms with E-state index in [4.69, 9.17) is 5.84 Å². The van der Waals surface area contributed by atoms with Gasteiger partial charge in [-0.1, -0.05) is 0 Å². The predicted molar refractivity (Wildman–Crippen MR) is 65.8 cm³/mol. The number of nitrogens with two attached hydrogens (primary N) is 1. The van der Waals surface area contributed by atoms with Crippen LogP contribution in [0.4, 0.5) is 10.2 Å². The molecule has 2 rings (SSSR count). The number of amides is 1. The Morgan fingerprint density at radius 3 is 2.78 bits per heavy atom. The Hall–Kier alpha value is -1.54. The van der Waals surface area contributed by atoms with Crippen LogP contribution in [-0.4, -0.2) is 44.6 Å². The molecule has 1 amide bonds. The topological polar surface area (TPSA) is 88.3 Å². The predicted octanol–water partition coefficient (Wildman–Crippen LogP) is -0.289. The second kappa shape index (κ2) is 5.40. The van der Waals surface area contributed by atoms with Crippen LogP contribution in [0, 0.1) is 5.82 Å². The molecule has 1 saturated heterocycles. The largest absolute Gasteiger partial charge is 0.337 e. The second-order valence-electron chi connectivity index (χ2n) is 3.81. The first-order valence-electron chi connectivity index (χ1n) is 5.39. The first-order valence-corrected chi connectivity index (χ1v) is 6.87. The zero-order valence-electron chi connectivity index (χ0n) is 9.56. The molecule has 2 heterocycles. The minimum absolute atomic E-state index is 0.0781. The Kier molecular flexibility index (Phi) is 3.87. The normalized spacial score (nSPS) is 16.7. The molecule has 0 spiro atoms. The van der Waals surface area contributed by atoms with Crippen molar-refractivity contribution in [3.63, 3.8) is 0 Å². The molecule has 98 valence electrons. The summed E-state index contributed by atoms with van der Waals surface area (Å²) in [5.74, 6) is 4.60. The molecule has 0 bridgehead atoms. The molecule has 0 saturated carbocycles. The summed E-state index contributed by atoms with van der Waals surface area (Å²) < 4.78 is 25.0. The maximum absolute atomic E-state index is 13.8. The molecule has 0 atom stereocenters. The summed E-state index contributed by atoms with van der Waals surface area (Å²) in [7, 11) is -0.878. The molecule has 0 radical (unpaired) electrons. The zero-order chi connectivity index (χ0) is 13.1. The molecule has 8 heteroatoms. The highest BCUT2D eigenvalue weighted by molar-refractivity contribution is 7.85. The third kappa shape index (κ3) is 2.49. The van der Waals surface area contributed by atoms with Gasteiger partial charge >= 0.3 is 0 Å². The third-order valence-corrected chi connectivity index (χ3v) is 4.00. The second-order valence-corrected chi connectivity index (χ2v) is 5.50. The van der Waals surface area contributed by atoms with Crippen LogP contribution in [0.2, 0.25) is 0 Å². The molecular weight excluding hydrogens is 259 g/mol. The average molecular weight is 272 g/mol. The quantitative estimate of drug-likeness (QED) is 0.570. The number of hydrogen-bond donors (Lipinski definition) is 2. The summed E-state index contributed by atoms with van der Waals surface area (Å²) in [6.45, 7) is 0.747. The van der Waals surface area contributed by atoms with Crippen LogP contribution in [0.3, 0.4) is 0 Å². The number of rotatable bonds is 2. The van der Waals surface area contributed by atoms with Crippen molar-refractivity contribution in [3.05, 3.63) is 23.6 Å². The van der Waals surface area contributed by atoms with Gasteiger partial charge in [0.2, 0.25) is 0 Å². The highest BCUT2D eigenvalue weighted by Crippen LogP contribution is 2.16. The van der Waals surface area contributed by atoms with E-state index in [1.165, 1.54) is 17.2 Å². The molecular formula is C10H13FN4O2S. The molecule has 6 nitrogen and oxygen atoms in total. The van der Waals surface area contributed by atoms with Crippen molar-refractivity contribution in [2.75, 3.05) is 30.0 Å². The highest BCUT2D eigenvalue weighted by atomic mass is 32.2. The van der Waals surface area contributed by atoms with Crippen LogP contribution in [0.1, 0.15) is 10.4 Å². The van der Waals surface area contributed by atoms with Crippen LogP contribution in [0.25, 0.3) is 0 Å². The molecule has 0 aromatic carbocycles. The molecule has 0 unspecified atom stereocenters. The zero-order valence-corrected chi connectivity index (χ0v) is 10.4. The van der Waals surface area contributed by atoms with Crippen molar-refractivity contribution < 1.29 is 13.4 Å². The molecule has 3 N–H and O–H groups in total. The molecule has 1 aliphatic heterocycles. The van der Waals surface area contributed by atoms with Crippen molar-refractivity contribution in [1.29, 1.82) is 0 Å². The molecule has 0 aliphatic carbocycles. The van der Waals surface area contributed by atoms with Crippen molar-refractivity contribution in [3.8, 4) is 0 Å². The molecule has 1 aromatic heterocycles. The lowest BCUT2D eigenvalue weighted by atomic mass is 10.2. The lowest BCUT2D eigenvalue weighted by molar-refractivity contribution is 0.0766. The first kappa shape index (κ1) is 12.9. The van der Waals surface area contributed by atoms with E-state index in [9.17, 15) is 13.4 Å². The van der Waals surface area contributed by atoms with E-state index >= 15 is 0 Å². The number of nitrogen functional groups attached to an aromatic ring is 1. The smallest absolute Gasteiger partial charge is 0.257 e. The van der Waals surface area contributed by atoms with E-state index < -0.39 is 22.5 Å². The summed E-state index contributed by atoms with van der Waals surface area (Å²) in [5, 5.41) is 0. The maximum atomic E-state index is 13.8. The fourth-order valence-electron chi connectivity index (χ4n) is 1.72.